The van der Waals surface area contributed by atoms with Crippen LogP contribution in [0.3, 0.4) is 0 Å². The largest absolute Gasteiger partial charge is 0.457 e. The van der Waals surface area contributed by atoms with Crippen molar-refractivity contribution in [3.63, 3.8) is 0 Å². The number of halogens is 3. The van der Waals surface area contributed by atoms with Crippen molar-refractivity contribution in [2.75, 3.05) is 6.54 Å². The van der Waals surface area contributed by atoms with Gasteiger partial charge in [0, 0.05) is 18.2 Å². The lowest BCUT2D eigenvalue weighted by Crippen LogP contribution is -2.26. The van der Waals surface area contributed by atoms with Crippen molar-refractivity contribution in [1.82, 2.24) is 5.32 Å². The van der Waals surface area contributed by atoms with Gasteiger partial charge in [0.15, 0.2) is 0 Å². The van der Waals surface area contributed by atoms with E-state index in [-0.39, 0.29) is 22.7 Å². The average molecular weight is 410 g/mol. The third-order valence-electron chi connectivity index (χ3n) is 4.29. The monoisotopic (exact) mass is 410 g/mol. The average Bonchev–Trinajstić information content (AvgIpc) is 3.21. The zero-order valence-electron chi connectivity index (χ0n) is 15.7. The van der Waals surface area contributed by atoms with Crippen LogP contribution >= 0.6 is 0 Å². The lowest BCUT2D eigenvalue weighted by molar-refractivity contribution is -0.137. The maximum atomic E-state index is 12.9. The fraction of sp³-hybridized carbons (Fsp3) is 0.130. The Morgan fingerprint density at radius 1 is 1.07 bits per heavy atom. The second kappa shape index (κ2) is 9.14. The first-order valence-electron chi connectivity index (χ1n) is 9.08. The van der Waals surface area contributed by atoms with Gasteiger partial charge < -0.3 is 9.73 Å². The highest BCUT2D eigenvalue weighted by Gasteiger charge is 2.30. The van der Waals surface area contributed by atoms with Crippen LogP contribution in [0.1, 0.15) is 16.9 Å². The molecule has 30 heavy (non-hydrogen) atoms. The van der Waals surface area contributed by atoms with Gasteiger partial charge in [-0.25, -0.2) is 0 Å². The highest BCUT2D eigenvalue weighted by atomic mass is 19.4. The van der Waals surface area contributed by atoms with E-state index >= 15 is 0 Å². The number of nitrogens with zero attached hydrogens (tertiary/aromatic N) is 1. The standard InChI is InChI=1S/C23H17F3N2O2/c24-23(25,26)19-8-4-7-17(13-19)21-10-9-20(30-21)14-18(15-27)22(29)28-12-11-16-5-2-1-3-6-16/h1-10,13-14H,11-12H2,(H,28,29)/b18-14+. The number of nitrogens with one attached hydrogen (secondary N) is 1. The molecular formula is C23H17F3N2O2. The third-order valence-corrected chi connectivity index (χ3v) is 4.29. The van der Waals surface area contributed by atoms with Gasteiger partial charge in [-0.3, -0.25) is 4.79 Å². The van der Waals surface area contributed by atoms with Gasteiger partial charge in [0.05, 0.1) is 5.56 Å². The molecule has 7 heteroatoms. The fourth-order valence-corrected chi connectivity index (χ4v) is 2.79. The van der Waals surface area contributed by atoms with Crippen molar-refractivity contribution in [3.05, 3.63) is 89.2 Å². The number of carbonyl (C=O) groups excluding carboxylic acids is 1. The lowest BCUT2D eigenvalue weighted by atomic mass is 10.1. The number of alkyl halides is 3. The molecule has 0 spiro atoms. The van der Waals surface area contributed by atoms with Crippen LogP contribution in [0, 0.1) is 11.3 Å². The van der Waals surface area contributed by atoms with E-state index in [1.54, 1.807) is 0 Å². The number of nitriles is 1. The summed E-state index contributed by atoms with van der Waals surface area (Å²) in [6, 6.07) is 19.1. The number of rotatable bonds is 6. The van der Waals surface area contributed by atoms with E-state index in [9.17, 15) is 23.2 Å². The minimum absolute atomic E-state index is 0.159. The molecule has 2 aromatic carbocycles. The van der Waals surface area contributed by atoms with Gasteiger partial charge in [-0.05, 0) is 36.2 Å². The quantitative estimate of drug-likeness (QED) is 0.447. The number of hydrogen-bond donors (Lipinski definition) is 1. The molecule has 0 radical (unpaired) electrons. The van der Waals surface area contributed by atoms with Crippen molar-refractivity contribution in [2.24, 2.45) is 0 Å². The molecule has 0 aliphatic heterocycles. The summed E-state index contributed by atoms with van der Waals surface area (Å²) in [6.45, 7) is 0.357. The van der Waals surface area contributed by atoms with E-state index in [4.69, 9.17) is 4.42 Å². The minimum Gasteiger partial charge on any atom is -0.457 e. The smallest absolute Gasteiger partial charge is 0.416 e. The van der Waals surface area contributed by atoms with Crippen LogP contribution in [0.15, 0.2) is 76.7 Å². The van der Waals surface area contributed by atoms with Gasteiger partial charge >= 0.3 is 6.18 Å². The maximum absolute atomic E-state index is 12.9. The second-order valence-electron chi connectivity index (χ2n) is 6.44. The van der Waals surface area contributed by atoms with Crippen molar-refractivity contribution in [3.8, 4) is 17.4 Å². The van der Waals surface area contributed by atoms with Crippen LogP contribution in [0.4, 0.5) is 13.2 Å². The van der Waals surface area contributed by atoms with Crippen LogP contribution < -0.4 is 5.32 Å². The molecule has 0 saturated heterocycles. The van der Waals surface area contributed by atoms with E-state index in [1.165, 1.54) is 30.3 Å². The third kappa shape index (κ3) is 5.39. The summed E-state index contributed by atoms with van der Waals surface area (Å²) in [5, 5.41) is 11.9. The topological polar surface area (TPSA) is 66.0 Å². The first kappa shape index (κ1) is 20.9. The van der Waals surface area contributed by atoms with Gasteiger partial charge in [-0.1, -0.05) is 42.5 Å². The highest BCUT2D eigenvalue weighted by molar-refractivity contribution is 6.01. The number of carbonyl (C=O) groups is 1. The van der Waals surface area contributed by atoms with Crippen LogP contribution in [-0.4, -0.2) is 12.5 Å². The number of hydrogen-bond acceptors (Lipinski definition) is 3. The second-order valence-corrected chi connectivity index (χ2v) is 6.44. The molecule has 1 heterocycles. The molecule has 1 amide bonds. The Morgan fingerprint density at radius 3 is 2.53 bits per heavy atom. The van der Waals surface area contributed by atoms with E-state index in [0.29, 0.717) is 13.0 Å². The molecule has 3 rings (SSSR count). The molecule has 0 aliphatic rings. The summed E-state index contributed by atoms with van der Waals surface area (Å²) in [6.07, 6.45) is -2.59. The predicted molar refractivity (Wildman–Crippen MR) is 106 cm³/mol. The number of benzene rings is 2. The molecule has 0 saturated carbocycles. The van der Waals surface area contributed by atoms with E-state index in [2.05, 4.69) is 5.32 Å². The molecule has 152 valence electrons. The normalized spacial score (nSPS) is 11.7. The molecule has 0 bridgehead atoms. The SMILES string of the molecule is N#C/C(=C\c1ccc(-c2cccc(C(F)(F)F)c2)o1)C(=O)NCCc1ccccc1. The van der Waals surface area contributed by atoms with Crippen molar-refractivity contribution < 1.29 is 22.4 Å². The first-order valence-corrected chi connectivity index (χ1v) is 9.08. The Morgan fingerprint density at radius 2 is 1.83 bits per heavy atom. The van der Waals surface area contributed by atoms with E-state index in [0.717, 1.165) is 17.7 Å². The predicted octanol–water partition coefficient (Wildman–Crippen LogP) is 5.23. The summed E-state index contributed by atoms with van der Waals surface area (Å²) >= 11 is 0. The van der Waals surface area contributed by atoms with Gasteiger partial charge in [0.1, 0.15) is 23.2 Å². The molecule has 0 fully saturated rings. The van der Waals surface area contributed by atoms with E-state index in [1.807, 2.05) is 36.4 Å². The van der Waals surface area contributed by atoms with Gasteiger partial charge in [-0.15, -0.1) is 0 Å². The molecule has 0 aliphatic carbocycles. The van der Waals surface area contributed by atoms with Crippen molar-refractivity contribution in [1.29, 1.82) is 5.26 Å². The van der Waals surface area contributed by atoms with Gasteiger partial charge in [-0.2, -0.15) is 18.4 Å². The summed E-state index contributed by atoms with van der Waals surface area (Å²) in [5.74, 6) is -0.156. The Kier molecular flexibility index (Phi) is 6.38. The number of furan rings is 1. The van der Waals surface area contributed by atoms with Crippen LogP contribution in [-0.2, 0) is 17.4 Å². The summed E-state index contributed by atoms with van der Waals surface area (Å²) in [4.78, 5) is 12.2. The molecular weight excluding hydrogens is 393 g/mol. The molecule has 1 aromatic heterocycles. The Balaban J connectivity index is 1.69. The molecule has 0 atom stereocenters. The minimum atomic E-state index is -4.46. The zero-order chi connectivity index (χ0) is 21.6. The van der Waals surface area contributed by atoms with Crippen LogP contribution in [0.2, 0.25) is 0 Å². The van der Waals surface area contributed by atoms with Crippen molar-refractivity contribution in [2.45, 2.75) is 12.6 Å². The van der Waals surface area contributed by atoms with Gasteiger partial charge in [0.25, 0.3) is 5.91 Å². The zero-order valence-corrected chi connectivity index (χ0v) is 15.7. The fourth-order valence-electron chi connectivity index (χ4n) is 2.79. The molecule has 0 unspecified atom stereocenters. The maximum Gasteiger partial charge on any atom is 0.416 e. The molecule has 3 aromatic rings. The van der Waals surface area contributed by atoms with E-state index < -0.39 is 17.6 Å². The number of amides is 1. The molecule has 4 nitrogen and oxygen atoms in total. The Bertz CT molecular complexity index is 1090. The van der Waals surface area contributed by atoms with Crippen LogP contribution in [0.25, 0.3) is 17.4 Å². The summed E-state index contributed by atoms with van der Waals surface area (Å²) in [7, 11) is 0. The highest BCUT2D eigenvalue weighted by Crippen LogP contribution is 2.32. The Labute approximate surface area is 171 Å². The first-order chi connectivity index (χ1) is 14.4. The Hall–Kier alpha value is -3.79. The van der Waals surface area contributed by atoms with Gasteiger partial charge in [0.2, 0.25) is 0 Å². The summed E-state index contributed by atoms with van der Waals surface area (Å²) in [5.41, 5.74) is 0.351. The van der Waals surface area contributed by atoms with Crippen molar-refractivity contribution >= 4 is 12.0 Å². The lowest BCUT2D eigenvalue weighted by Gasteiger charge is -2.07. The summed E-state index contributed by atoms with van der Waals surface area (Å²) < 4.78 is 44.2. The van der Waals surface area contributed by atoms with Crippen LogP contribution in [0.5, 0.6) is 0 Å². The molecule has 1 N–H and O–H groups in total.